The van der Waals surface area contributed by atoms with E-state index >= 15 is 0 Å². The molecular weight excluding hydrogens is 220 g/mol. The Morgan fingerprint density at radius 3 is 2.72 bits per heavy atom. The lowest BCUT2D eigenvalue weighted by Gasteiger charge is -2.15. The lowest BCUT2D eigenvalue weighted by Crippen LogP contribution is -2.18. The van der Waals surface area contributed by atoms with Gasteiger partial charge in [-0.3, -0.25) is 4.98 Å². The zero-order valence-electron chi connectivity index (χ0n) is 11.3. The number of aromatic nitrogens is 1. The number of rotatable bonds is 4. The highest BCUT2D eigenvalue weighted by atomic mass is 14.9. The molecule has 0 amide bonds. The van der Waals surface area contributed by atoms with Crippen molar-refractivity contribution < 1.29 is 0 Å². The zero-order chi connectivity index (χ0) is 13.0. The molecule has 0 fully saturated rings. The van der Waals surface area contributed by atoms with E-state index in [0.717, 1.165) is 6.54 Å². The third kappa shape index (κ3) is 2.96. The summed E-state index contributed by atoms with van der Waals surface area (Å²) in [6.45, 7) is 7.40. The van der Waals surface area contributed by atoms with Crippen LogP contribution in [0, 0.1) is 13.8 Å². The Balaban J connectivity index is 2.02. The Hall–Kier alpha value is -1.67. The fourth-order valence-corrected chi connectivity index (χ4v) is 2.02. The highest BCUT2D eigenvalue weighted by molar-refractivity contribution is 5.33. The van der Waals surface area contributed by atoms with E-state index in [4.69, 9.17) is 0 Å². The van der Waals surface area contributed by atoms with Gasteiger partial charge in [0.2, 0.25) is 0 Å². The topological polar surface area (TPSA) is 24.9 Å². The molecule has 0 saturated carbocycles. The van der Waals surface area contributed by atoms with Crippen molar-refractivity contribution in [3.05, 3.63) is 65.0 Å². The van der Waals surface area contributed by atoms with Crippen LogP contribution in [0.15, 0.2) is 42.7 Å². The second-order valence-corrected chi connectivity index (χ2v) is 4.75. The van der Waals surface area contributed by atoms with E-state index in [0.29, 0.717) is 6.04 Å². The normalized spacial score (nSPS) is 12.4. The van der Waals surface area contributed by atoms with E-state index < -0.39 is 0 Å². The zero-order valence-corrected chi connectivity index (χ0v) is 11.3. The van der Waals surface area contributed by atoms with E-state index in [-0.39, 0.29) is 0 Å². The van der Waals surface area contributed by atoms with Crippen molar-refractivity contribution in [2.45, 2.75) is 33.4 Å². The molecule has 18 heavy (non-hydrogen) atoms. The van der Waals surface area contributed by atoms with Crippen molar-refractivity contribution in [2.24, 2.45) is 0 Å². The van der Waals surface area contributed by atoms with Gasteiger partial charge in [-0.2, -0.15) is 0 Å². The van der Waals surface area contributed by atoms with E-state index in [1.54, 1.807) is 6.20 Å². The van der Waals surface area contributed by atoms with Gasteiger partial charge in [-0.15, -0.1) is 0 Å². The van der Waals surface area contributed by atoms with Crippen LogP contribution in [0.25, 0.3) is 0 Å². The number of benzene rings is 1. The van der Waals surface area contributed by atoms with Gasteiger partial charge in [0.25, 0.3) is 0 Å². The summed E-state index contributed by atoms with van der Waals surface area (Å²) in [6.07, 6.45) is 3.72. The highest BCUT2D eigenvalue weighted by Crippen LogP contribution is 2.15. The smallest absolute Gasteiger partial charge is 0.0315 e. The molecule has 94 valence electrons. The average molecular weight is 240 g/mol. The van der Waals surface area contributed by atoms with Crippen LogP contribution in [-0.2, 0) is 6.54 Å². The van der Waals surface area contributed by atoms with Crippen LogP contribution in [0.4, 0.5) is 0 Å². The van der Waals surface area contributed by atoms with Gasteiger partial charge in [0.05, 0.1) is 0 Å². The molecule has 0 aliphatic rings. The molecule has 0 aliphatic carbocycles. The van der Waals surface area contributed by atoms with Crippen LogP contribution in [-0.4, -0.2) is 4.98 Å². The molecule has 2 heteroatoms. The van der Waals surface area contributed by atoms with Crippen molar-refractivity contribution in [1.82, 2.24) is 10.3 Å². The number of nitrogens with zero attached hydrogens (tertiary/aromatic N) is 1. The first kappa shape index (κ1) is 12.8. The second-order valence-electron chi connectivity index (χ2n) is 4.75. The lowest BCUT2D eigenvalue weighted by molar-refractivity contribution is 0.571. The summed E-state index contributed by atoms with van der Waals surface area (Å²) in [5.41, 5.74) is 5.32. The molecule has 2 rings (SSSR count). The van der Waals surface area contributed by atoms with E-state index in [9.17, 15) is 0 Å². The molecule has 0 radical (unpaired) electrons. The molecular formula is C16H20N2. The van der Waals surface area contributed by atoms with Gasteiger partial charge < -0.3 is 5.32 Å². The summed E-state index contributed by atoms with van der Waals surface area (Å²) in [7, 11) is 0. The predicted molar refractivity (Wildman–Crippen MR) is 75.4 cm³/mol. The number of hydrogen-bond acceptors (Lipinski definition) is 2. The van der Waals surface area contributed by atoms with Crippen LogP contribution in [0.2, 0.25) is 0 Å². The van der Waals surface area contributed by atoms with E-state index in [1.807, 2.05) is 12.3 Å². The first-order valence-electron chi connectivity index (χ1n) is 6.37. The van der Waals surface area contributed by atoms with Crippen LogP contribution in [0.3, 0.4) is 0 Å². The highest BCUT2D eigenvalue weighted by Gasteiger charge is 2.06. The summed E-state index contributed by atoms with van der Waals surface area (Å²) in [4.78, 5) is 4.15. The maximum absolute atomic E-state index is 4.15. The third-order valence-corrected chi connectivity index (χ3v) is 3.50. The molecule has 1 aromatic heterocycles. The Bertz CT molecular complexity index is 506. The maximum Gasteiger partial charge on any atom is 0.0315 e. The minimum atomic E-state index is 0.318. The SMILES string of the molecule is Cc1cccc(CNC(C)c2cccnc2)c1C. The molecule has 2 aromatic rings. The molecule has 0 saturated heterocycles. The molecule has 1 heterocycles. The molecule has 1 unspecified atom stereocenters. The predicted octanol–water partition coefficient (Wildman–Crippen LogP) is 3.55. The van der Waals surface area contributed by atoms with Crippen LogP contribution in [0.5, 0.6) is 0 Å². The largest absolute Gasteiger partial charge is 0.306 e. The van der Waals surface area contributed by atoms with E-state index in [1.165, 1.54) is 22.3 Å². The number of aryl methyl sites for hydroxylation is 1. The van der Waals surface area contributed by atoms with Gasteiger partial charge in [0, 0.05) is 25.0 Å². The molecule has 2 nitrogen and oxygen atoms in total. The van der Waals surface area contributed by atoms with Gasteiger partial charge in [-0.05, 0) is 49.1 Å². The Kier molecular flexibility index (Phi) is 4.11. The molecule has 1 atom stereocenters. The minimum absolute atomic E-state index is 0.318. The van der Waals surface area contributed by atoms with Crippen molar-refractivity contribution in [1.29, 1.82) is 0 Å². The van der Waals surface area contributed by atoms with Gasteiger partial charge in [0.1, 0.15) is 0 Å². The Labute approximate surface area is 109 Å². The summed E-state index contributed by atoms with van der Waals surface area (Å²) in [5.74, 6) is 0. The fraction of sp³-hybridized carbons (Fsp3) is 0.312. The van der Waals surface area contributed by atoms with Crippen molar-refractivity contribution in [3.8, 4) is 0 Å². The standard InChI is InChI=1S/C16H20N2/c1-12-6-4-7-15(13(12)2)11-18-14(3)16-8-5-9-17-10-16/h4-10,14,18H,11H2,1-3H3. The van der Waals surface area contributed by atoms with Gasteiger partial charge in [0.15, 0.2) is 0 Å². The number of pyridine rings is 1. The van der Waals surface area contributed by atoms with Crippen LogP contribution < -0.4 is 5.32 Å². The first-order chi connectivity index (χ1) is 8.68. The monoisotopic (exact) mass is 240 g/mol. The second kappa shape index (κ2) is 5.78. The van der Waals surface area contributed by atoms with Crippen LogP contribution >= 0.6 is 0 Å². The summed E-state index contributed by atoms with van der Waals surface area (Å²) in [6, 6.07) is 10.9. The maximum atomic E-state index is 4.15. The summed E-state index contributed by atoms with van der Waals surface area (Å²) < 4.78 is 0. The minimum Gasteiger partial charge on any atom is -0.306 e. The first-order valence-corrected chi connectivity index (χ1v) is 6.37. The molecule has 1 N–H and O–H groups in total. The third-order valence-electron chi connectivity index (χ3n) is 3.50. The van der Waals surface area contributed by atoms with Gasteiger partial charge >= 0.3 is 0 Å². The average Bonchev–Trinajstić information content (AvgIpc) is 2.41. The number of nitrogens with one attached hydrogen (secondary N) is 1. The summed E-state index contributed by atoms with van der Waals surface area (Å²) >= 11 is 0. The lowest BCUT2D eigenvalue weighted by atomic mass is 10.0. The Morgan fingerprint density at radius 2 is 2.00 bits per heavy atom. The van der Waals surface area contributed by atoms with Crippen LogP contribution in [0.1, 0.15) is 35.2 Å². The van der Waals surface area contributed by atoms with E-state index in [2.05, 4.69) is 55.3 Å². The molecule has 0 aliphatic heterocycles. The molecule has 1 aromatic carbocycles. The van der Waals surface area contributed by atoms with Crippen molar-refractivity contribution >= 4 is 0 Å². The quantitative estimate of drug-likeness (QED) is 0.884. The molecule has 0 spiro atoms. The van der Waals surface area contributed by atoms with Gasteiger partial charge in [-0.1, -0.05) is 24.3 Å². The van der Waals surface area contributed by atoms with Crippen molar-refractivity contribution in [3.63, 3.8) is 0 Å². The molecule has 0 bridgehead atoms. The van der Waals surface area contributed by atoms with Crippen molar-refractivity contribution in [2.75, 3.05) is 0 Å². The summed E-state index contributed by atoms with van der Waals surface area (Å²) in [5, 5.41) is 3.54. The number of hydrogen-bond donors (Lipinski definition) is 1. The Morgan fingerprint density at radius 1 is 1.17 bits per heavy atom. The van der Waals surface area contributed by atoms with Gasteiger partial charge in [-0.25, -0.2) is 0 Å². The fourth-order valence-electron chi connectivity index (χ4n) is 2.02.